The van der Waals surface area contributed by atoms with E-state index in [-0.39, 0.29) is 0 Å². The molecule has 0 aliphatic carbocycles. The fourth-order valence-electron chi connectivity index (χ4n) is 2.47. The van der Waals surface area contributed by atoms with Crippen LogP contribution in [0.5, 0.6) is 0 Å². The first-order valence-electron chi connectivity index (χ1n) is 7.37. The lowest BCUT2D eigenvalue weighted by molar-refractivity contribution is 0.402. The topological polar surface area (TPSA) is 3.24 Å². The number of hydrogen-bond acceptors (Lipinski definition) is 1. The van der Waals surface area contributed by atoms with Gasteiger partial charge in [-0.25, -0.2) is 0 Å². The van der Waals surface area contributed by atoms with Crippen molar-refractivity contribution in [1.82, 2.24) is 4.90 Å². The van der Waals surface area contributed by atoms with E-state index in [1.165, 1.54) is 22.3 Å². The summed E-state index contributed by atoms with van der Waals surface area (Å²) in [5.74, 6) is 0.714. The number of hydrogen-bond donors (Lipinski definition) is 0. The first-order chi connectivity index (χ1) is 9.54. The van der Waals surface area contributed by atoms with Gasteiger partial charge >= 0.3 is 0 Å². The second-order valence-corrected chi connectivity index (χ2v) is 6.23. The summed E-state index contributed by atoms with van der Waals surface area (Å²) in [6.45, 7) is 5.52. The quantitative estimate of drug-likeness (QED) is 0.764. The lowest BCUT2D eigenvalue weighted by Gasteiger charge is -2.10. The molecule has 0 atom stereocenters. The predicted octanol–water partition coefficient (Wildman–Crippen LogP) is 4.61. The number of nitrogens with zero attached hydrogens (tertiary/aromatic N) is 1. The van der Waals surface area contributed by atoms with Crippen LogP contribution in [0.3, 0.4) is 0 Å². The van der Waals surface area contributed by atoms with Crippen molar-refractivity contribution in [3.63, 3.8) is 0 Å². The monoisotopic (exact) mass is 267 g/mol. The average Bonchev–Trinajstić information content (AvgIpc) is 2.39. The van der Waals surface area contributed by atoms with Gasteiger partial charge in [-0.1, -0.05) is 62.4 Å². The van der Waals surface area contributed by atoms with Crippen LogP contribution in [0.1, 0.15) is 25.0 Å². The number of benzene rings is 2. The van der Waals surface area contributed by atoms with Gasteiger partial charge in [0.25, 0.3) is 0 Å². The van der Waals surface area contributed by atoms with Crippen molar-refractivity contribution in [3.05, 3.63) is 59.7 Å². The van der Waals surface area contributed by atoms with Crippen LogP contribution >= 0.6 is 0 Å². The van der Waals surface area contributed by atoms with Crippen molar-refractivity contribution >= 4 is 0 Å². The highest BCUT2D eigenvalue weighted by Crippen LogP contribution is 2.21. The van der Waals surface area contributed by atoms with Crippen LogP contribution in [-0.4, -0.2) is 19.0 Å². The lowest BCUT2D eigenvalue weighted by atomic mass is 9.98. The molecule has 0 saturated carbocycles. The molecule has 1 heteroatoms. The Hall–Kier alpha value is -1.60. The van der Waals surface area contributed by atoms with Crippen molar-refractivity contribution in [2.45, 2.75) is 26.8 Å². The Bertz CT molecular complexity index is 469. The lowest BCUT2D eigenvalue weighted by Crippen LogP contribution is -2.10. The minimum atomic E-state index is 0.714. The Balaban J connectivity index is 2.11. The average molecular weight is 267 g/mol. The summed E-state index contributed by atoms with van der Waals surface area (Å²) >= 11 is 0. The maximum atomic E-state index is 2.26. The van der Waals surface area contributed by atoms with Crippen molar-refractivity contribution in [1.29, 1.82) is 0 Å². The van der Waals surface area contributed by atoms with Gasteiger partial charge in [-0.05, 0) is 48.7 Å². The summed E-state index contributed by atoms with van der Waals surface area (Å²) in [7, 11) is 4.20. The van der Waals surface area contributed by atoms with Gasteiger partial charge in [-0.15, -0.1) is 0 Å². The zero-order valence-corrected chi connectivity index (χ0v) is 13.1. The van der Waals surface area contributed by atoms with Crippen LogP contribution in [0.2, 0.25) is 0 Å². The van der Waals surface area contributed by atoms with Gasteiger partial charge in [0.05, 0.1) is 0 Å². The van der Waals surface area contributed by atoms with Gasteiger partial charge in [0.1, 0.15) is 0 Å². The van der Waals surface area contributed by atoms with Gasteiger partial charge in [-0.2, -0.15) is 0 Å². The van der Waals surface area contributed by atoms with E-state index in [4.69, 9.17) is 0 Å². The smallest absolute Gasteiger partial charge is 0.0227 e. The number of rotatable bonds is 5. The van der Waals surface area contributed by atoms with Gasteiger partial charge in [0.2, 0.25) is 0 Å². The first-order valence-corrected chi connectivity index (χ1v) is 7.37. The van der Waals surface area contributed by atoms with Gasteiger partial charge < -0.3 is 4.90 Å². The van der Waals surface area contributed by atoms with Crippen molar-refractivity contribution in [2.24, 2.45) is 5.92 Å². The summed E-state index contributed by atoms with van der Waals surface area (Å²) in [5, 5.41) is 0. The zero-order chi connectivity index (χ0) is 14.5. The fraction of sp³-hybridized carbons (Fsp3) is 0.368. The third-order valence-electron chi connectivity index (χ3n) is 3.38. The Morgan fingerprint density at radius 1 is 0.750 bits per heavy atom. The van der Waals surface area contributed by atoms with E-state index in [1.807, 2.05) is 0 Å². The van der Waals surface area contributed by atoms with Crippen molar-refractivity contribution in [2.75, 3.05) is 14.1 Å². The minimum absolute atomic E-state index is 0.714. The van der Waals surface area contributed by atoms with Gasteiger partial charge in [0, 0.05) is 6.54 Å². The molecule has 0 heterocycles. The molecule has 0 N–H and O–H groups in total. The third kappa shape index (κ3) is 4.21. The third-order valence-corrected chi connectivity index (χ3v) is 3.38. The summed E-state index contributed by atoms with van der Waals surface area (Å²) in [6, 6.07) is 17.9. The van der Waals surface area contributed by atoms with Crippen LogP contribution < -0.4 is 0 Å². The Kier molecular flexibility index (Phi) is 4.97. The summed E-state index contributed by atoms with van der Waals surface area (Å²) in [6.07, 6.45) is 1.15. The van der Waals surface area contributed by atoms with Crippen molar-refractivity contribution in [3.8, 4) is 11.1 Å². The second kappa shape index (κ2) is 6.71. The molecule has 2 aromatic carbocycles. The SMILES string of the molecule is CC(C)Cc1ccc(-c2ccc(CN(C)C)cc2)cc1. The molecule has 1 nitrogen and oxygen atoms in total. The Morgan fingerprint density at radius 3 is 1.60 bits per heavy atom. The maximum absolute atomic E-state index is 2.26. The molecule has 0 aliphatic heterocycles. The van der Waals surface area contributed by atoms with Gasteiger partial charge in [-0.3, -0.25) is 0 Å². The predicted molar refractivity (Wildman–Crippen MR) is 87.8 cm³/mol. The molecular formula is C19H25N. The van der Waals surface area contributed by atoms with Crippen LogP contribution in [0.4, 0.5) is 0 Å². The van der Waals surface area contributed by atoms with E-state index in [1.54, 1.807) is 0 Å². The van der Waals surface area contributed by atoms with Crippen molar-refractivity contribution < 1.29 is 0 Å². The van der Waals surface area contributed by atoms with E-state index in [9.17, 15) is 0 Å². The van der Waals surface area contributed by atoms with Crippen LogP contribution in [0, 0.1) is 5.92 Å². The van der Waals surface area contributed by atoms with E-state index in [0.29, 0.717) is 5.92 Å². The standard InChI is InChI=1S/C19H25N/c1-15(2)13-16-5-9-18(10-6-16)19-11-7-17(8-12-19)14-20(3)4/h5-12,15H,13-14H2,1-4H3. The molecule has 0 aliphatic rings. The Morgan fingerprint density at radius 2 is 1.20 bits per heavy atom. The molecular weight excluding hydrogens is 242 g/mol. The molecule has 20 heavy (non-hydrogen) atoms. The van der Waals surface area contributed by atoms with Crippen LogP contribution in [-0.2, 0) is 13.0 Å². The Labute approximate surface area is 123 Å². The molecule has 2 rings (SSSR count). The molecule has 0 spiro atoms. The molecule has 0 aromatic heterocycles. The molecule has 106 valence electrons. The molecule has 0 unspecified atom stereocenters. The highest BCUT2D eigenvalue weighted by atomic mass is 15.0. The molecule has 0 radical (unpaired) electrons. The van der Waals surface area contributed by atoms with E-state index >= 15 is 0 Å². The molecule has 2 aromatic rings. The normalized spacial score (nSPS) is 11.3. The van der Waals surface area contributed by atoms with E-state index in [2.05, 4.69) is 81.4 Å². The zero-order valence-electron chi connectivity index (χ0n) is 13.1. The molecule has 0 amide bonds. The summed E-state index contributed by atoms with van der Waals surface area (Å²) in [4.78, 5) is 2.19. The fourth-order valence-corrected chi connectivity index (χ4v) is 2.47. The van der Waals surface area contributed by atoms with Crippen LogP contribution in [0.15, 0.2) is 48.5 Å². The highest BCUT2D eigenvalue weighted by Gasteiger charge is 2.01. The molecule has 0 fully saturated rings. The summed E-state index contributed by atoms with van der Waals surface area (Å²) in [5.41, 5.74) is 5.38. The van der Waals surface area contributed by atoms with Crippen LogP contribution in [0.25, 0.3) is 11.1 Å². The molecule has 0 saturated heterocycles. The maximum Gasteiger partial charge on any atom is 0.0227 e. The highest BCUT2D eigenvalue weighted by molar-refractivity contribution is 5.63. The van der Waals surface area contributed by atoms with E-state index in [0.717, 1.165) is 13.0 Å². The minimum Gasteiger partial charge on any atom is -0.305 e. The van der Waals surface area contributed by atoms with E-state index < -0.39 is 0 Å². The van der Waals surface area contributed by atoms with Gasteiger partial charge in [0.15, 0.2) is 0 Å². The second-order valence-electron chi connectivity index (χ2n) is 6.23. The largest absolute Gasteiger partial charge is 0.305 e. The summed E-state index contributed by atoms with van der Waals surface area (Å²) < 4.78 is 0. The molecule has 0 bridgehead atoms. The first kappa shape index (κ1) is 14.8.